The van der Waals surface area contributed by atoms with E-state index in [1.165, 1.54) is 12.1 Å². The molecule has 1 atom stereocenters. The number of aliphatic hydroxyl groups excluding tert-OH is 1. The molecule has 1 rings (SSSR count). The van der Waals surface area contributed by atoms with Gasteiger partial charge in [-0.2, -0.15) is 0 Å². The largest absolute Gasteiger partial charge is 0.393 e. The van der Waals surface area contributed by atoms with Crippen molar-refractivity contribution in [3.05, 3.63) is 38.9 Å². The van der Waals surface area contributed by atoms with Gasteiger partial charge in [0.15, 0.2) is 0 Å². The average Bonchev–Trinajstić information content (AvgIpc) is 2.34. The van der Waals surface area contributed by atoms with Gasteiger partial charge in [-0.05, 0) is 31.5 Å². The third kappa shape index (κ3) is 4.60. The van der Waals surface area contributed by atoms with E-state index in [0.29, 0.717) is 36.5 Å². The van der Waals surface area contributed by atoms with E-state index in [1.54, 1.807) is 6.07 Å². The van der Waals surface area contributed by atoms with Gasteiger partial charge >= 0.3 is 0 Å². The molecule has 0 aliphatic heterocycles. The zero-order valence-corrected chi connectivity index (χ0v) is 11.0. The van der Waals surface area contributed by atoms with Crippen LogP contribution in [-0.2, 0) is 6.54 Å². The fourth-order valence-electron chi connectivity index (χ4n) is 1.57. The van der Waals surface area contributed by atoms with Gasteiger partial charge < -0.3 is 10.4 Å². The molecule has 0 aliphatic rings. The number of nitrogens with zero attached hydrogens (tertiary/aromatic N) is 1. The molecule has 18 heavy (non-hydrogen) atoms. The lowest BCUT2D eigenvalue weighted by atomic mass is 10.1. The molecular weight excluding hydrogens is 256 g/mol. The molecule has 0 saturated carbocycles. The third-order valence-corrected chi connectivity index (χ3v) is 2.91. The standard InChI is InChI=1S/C12H17ClN2O3/c1-2-11(16)5-6-14-8-9-7-10(13)3-4-12(9)15(17)18/h3-4,7,11,14,16H,2,5-6,8H2,1H3. The van der Waals surface area contributed by atoms with Crippen LogP contribution in [-0.4, -0.2) is 22.7 Å². The molecule has 0 saturated heterocycles. The molecule has 100 valence electrons. The Balaban J connectivity index is 2.55. The minimum atomic E-state index is -0.422. The minimum Gasteiger partial charge on any atom is -0.393 e. The van der Waals surface area contributed by atoms with Crippen LogP contribution in [0.1, 0.15) is 25.3 Å². The summed E-state index contributed by atoms with van der Waals surface area (Å²) in [5, 5.41) is 23.7. The van der Waals surface area contributed by atoms with E-state index in [1.807, 2.05) is 6.92 Å². The molecule has 6 heteroatoms. The van der Waals surface area contributed by atoms with Crippen molar-refractivity contribution in [2.24, 2.45) is 0 Å². The lowest BCUT2D eigenvalue weighted by Gasteiger charge is -2.09. The van der Waals surface area contributed by atoms with Crippen LogP contribution in [0.4, 0.5) is 5.69 Å². The highest BCUT2D eigenvalue weighted by molar-refractivity contribution is 6.30. The van der Waals surface area contributed by atoms with Gasteiger partial charge in [0.25, 0.3) is 5.69 Å². The van der Waals surface area contributed by atoms with Gasteiger partial charge in [0.05, 0.1) is 11.0 Å². The topological polar surface area (TPSA) is 75.4 Å². The van der Waals surface area contributed by atoms with Gasteiger partial charge in [-0.1, -0.05) is 18.5 Å². The summed E-state index contributed by atoms with van der Waals surface area (Å²) in [7, 11) is 0. The smallest absolute Gasteiger partial charge is 0.273 e. The zero-order valence-electron chi connectivity index (χ0n) is 10.2. The highest BCUT2D eigenvalue weighted by atomic mass is 35.5. The lowest BCUT2D eigenvalue weighted by molar-refractivity contribution is -0.385. The van der Waals surface area contributed by atoms with E-state index < -0.39 is 4.92 Å². The molecule has 0 spiro atoms. The Morgan fingerprint density at radius 1 is 1.56 bits per heavy atom. The van der Waals surface area contributed by atoms with E-state index in [4.69, 9.17) is 11.6 Å². The SMILES string of the molecule is CCC(O)CCNCc1cc(Cl)ccc1[N+](=O)[O-]. The lowest BCUT2D eigenvalue weighted by Crippen LogP contribution is -2.20. The third-order valence-electron chi connectivity index (χ3n) is 2.68. The number of nitrogens with one attached hydrogen (secondary N) is 1. The predicted molar refractivity (Wildman–Crippen MR) is 70.7 cm³/mol. The summed E-state index contributed by atoms with van der Waals surface area (Å²) in [4.78, 5) is 10.4. The Morgan fingerprint density at radius 3 is 2.89 bits per heavy atom. The summed E-state index contributed by atoms with van der Waals surface area (Å²) >= 11 is 5.82. The second kappa shape index (κ2) is 7.31. The van der Waals surface area contributed by atoms with E-state index in [9.17, 15) is 15.2 Å². The van der Waals surface area contributed by atoms with Crippen LogP contribution in [0.15, 0.2) is 18.2 Å². The molecule has 0 amide bonds. The van der Waals surface area contributed by atoms with Crippen molar-refractivity contribution >= 4 is 17.3 Å². The number of nitro groups is 1. The van der Waals surface area contributed by atoms with Gasteiger partial charge in [-0.3, -0.25) is 10.1 Å². The maximum absolute atomic E-state index is 10.8. The molecule has 0 fully saturated rings. The molecule has 0 aromatic heterocycles. The Hall–Kier alpha value is -1.17. The first-order valence-electron chi connectivity index (χ1n) is 5.86. The number of hydrogen-bond acceptors (Lipinski definition) is 4. The van der Waals surface area contributed by atoms with E-state index >= 15 is 0 Å². The first kappa shape index (κ1) is 14.9. The molecule has 0 heterocycles. The fraction of sp³-hybridized carbons (Fsp3) is 0.500. The summed E-state index contributed by atoms with van der Waals surface area (Å²) in [6.45, 7) is 2.89. The Bertz CT molecular complexity index is 412. The molecule has 1 unspecified atom stereocenters. The highest BCUT2D eigenvalue weighted by Crippen LogP contribution is 2.22. The maximum atomic E-state index is 10.8. The number of nitro benzene ring substituents is 1. The quantitative estimate of drug-likeness (QED) is 0.454. The molecule has 0 bridgehead atoms. The van der Waals surface area contributed by atoms with Crippen LogP contribution in [0.2, 0.25) is 5.02 Å². The van der Waals surface area contributed by atoms with Crippen molar-refractivity contribution in [1.29, 1.82) is 0 Å². The average molecular weight is 273 g/mol. The van der Waals surface area contributed by atoms with E-state index in [2.05, 4.69) is 5.32 Å². The summed E-state index contributed by atoms with van der Waals surface area (Å²) in [6, 6.07) is 4.49. The second-order valence-corrected chi connectivity index (χ2v) is 4.49. The van der Waals surface area contributed by atoms with Gasteiger partial charge in [-0.15, -0.1) is 0 Å². The highest BCUT2D eigenvalue weighted by Gasteiger charge is 2.13. The molecule has 2 N–H and O–H groups in total. The number of benzene rings is 1. The van der Waals surface area contributed by atoms with Crippen molar-refractivity contribution in [2.75, 3.05) is 6.54 Å². The molecule has 0 aliphatic carbocycles. The molecule has 5 nitrogen and oxygen atoms in total. The maximum Gasteiger partial charge on any atom is 0.273 e. The summed E-state index contributed by atoms with van der Waals surface area (Å²) in [5.41, 5.74) is 0.612. The Morgan fingerprint density at radius 2 is 2.28 bits per heavy atom. The van der Waals surface area contributed by atoms with Crippen molar-refractivity contribution in [3.63, 3.8) is 0 Å². The molecular formula is C12H17ClN2O3. The first-order valence-corrected chi connectivity index (χ1v) is 6.24. The summed E-state index contributed by atoms with van der Waals surface area (Å²) in [6.07, 6.45) is 1.01. The van der Waals surface area contributed by atoms with Gasteiger partial charge in [0.2, 0.25) is 0 Å². The zero-order chi connectivity index (χ0) is 13.5. The monoisotopic (exact) mass is 272 g/mol. The molecule has 1 aromatic carbocycles. The van der Waals surface area contributed by atoms with Crippen LogP contribution in [0.25, 0.3) is 0 Å². The summed E-state index contributed by atoms with van der Waals surface area (Å²) in [5.74, 6) is 0. The Labute approximate surface area is 111 Å². The second-order valence-electron chi connectivity index (χ2n) is 4.06. The van der Waals surface area contributed by atoms with Gasteiger partial charge in [0.1, 0.15) is 0 Å². The van der Waals surface area contributed by atoms with Crippen LogP contribution in [0, 0.1) is 10.1 Å². The van der Waals surface area contributed by atoms with Crippen LogP contribution < -0.4 is 5.32 Å². The van der Waals surface area contributed by atoms with E-state index in [-0.39, 0.29) is 11.8 Å². The van der Waals surface area contributed by atoms with Crippen molar-refractivity contribution in [2.45, 2.75) is 32.4 Å². The predicted octanol–water partition coefficient (Wildman–Crippen LogP) is 2.50. The fourth-order valence-corrected chi connectivity index (χ4v) is 1.76. The van der Waals surface area contributed by atoms with Gasteiger partial charge in [-0.25, -0.2) is 0 Å². The molecule has 1 aromatic rings. The van der Waals surface area contributed by atoms with Crippen molar-refractivity contribution in [3.8, 4) is 0 Å². The van der Waals surface area contributed by atoms with Crippen LogP contribution in [0.5, 0.6) is 0 Å². The van der Waals surface area contributed by atoms with Crippen molar-refractivity contribution in [1.82, 2.24) is 5.32 Å². The minimum absolute atomic E-state index is 0.0583. The number of rotatable bonds is 7. The molecule has 0 radical (unpaired) electrons. The number of halogens is 1. The Kier molecular flexibility index (Phi) is 6.04. The van der Waals surface area contributed by atoms with E-state index in [0.717, 1.165) is 0 Å². The summed E-state index contributed by atoms with van der Waals surface area (Å²) < 4.78 is 0. The number of aliphatic hydroxyl groups is 1. The van der Waals surface area contributed by atoms with Crippen molar-refractivity contribution < 1.29 is 10.0 Å². The first-order chi connectivity index (χ1) is 8.54. The van der Waals surface area contributed by atoms with Gasteiger partial charge in [0, 0.05) is 23.2 Å². The van der Waals surface area contributed by atoms with Crippen LogP contribution >= 0.6 is 11.6 Å². The normalized spacial score (nSPS) is 12.4. The van der Waals surface area contributed by atoms with Crippen LogP contribution in [0.3, 0.4) is 0 Å². The number of hydrogen-bond donors (Lipinski definition) is 2.